The van der Waals surface area contributed by atoms with E-state index in [1.807, 2.05) is 31.2 Å². The van der Waals surface area contributed by atoms with Crippen molar-refractivity contribution in [2.75, 3.05) is 5.32 Å². The topological polar surface area (TPSA) is 42.0 Å². The van der Waals surface area contributed by atoms with Gasteiger partial charge in [-0.25, -0.2) is 0 Å². The molecule has 1 amide bonds. The normalized spacial score (nSPS) is 10.2. The average molecular weight is 200 g/mol. The first kappa shape index (κ1) is 9.65. The third kappa shape index (κ3) is 2.13. The molecule has 2 rings (SSSR count). The molecule has 0 radical (unpaired) electrons. The van der Waals surface area contributed by atoms with E-state index in [0.29, 0.717) is 6.42 Å². The summed E-state index contributed by atoms with van der Waals surface area (Å²) >= 11 is 0. The Balaban J connectivity index is 2.34. The third-order valence-corrected chi connectivity index (χ3v) is 2.25. The molecule has 1 heterocycles. The largest absolute Gasteiger partial charge is 0.326 e. The average Bonchev–Trinajstić information content (AvgIpc) is 2.29. The van der Waals surface area contributed by atoms with E-state index in [4.69, 9.17) is 0 Å². The van der Waals surface area contributed by atoms with Crippen molar-refractivity contribution in [2.24, 2.45) is 0 Å². The number of hydrogen-bond donors (Lipinski definition) is 1. The maximum Gasteiger partial charge on any atom is 0.224 e. The predicted octanol–water partition coefficient (Wildman–Crippen LogP) is 2.58. The van der Waals surface area contributed by atoms with Gasteiger partial charge in [-0.3, -0.25) is 9.78 Å². The van der Waals surface area contributed by atoms with Crippen molar-refractivity contribution >= 4 is 22.4 Å². The Hall–Kier alpha value is -1.90. The van der Waals surface area contributed by atoms with Gasteiger partial charge in [0.15, 0.2) is 0 Å². The summed E-state index contributed by atoms with van der Waals surface area (Å²) in [4.78, 5) is 15.2. The second-order valence-corrected chi connectivity index (χ2v) is 3.34. The van der Waals surface area contributed by atoms with E-state index >= 15 is 0 Å². The lowest BCUT2D eigenvalue weighted by molar-refractivity contribution is -0.115. The van der Waals surface area contributed by atoms with Gasteiger partial charge in [-0.05, 0) is 23.6 Å². The van der Waals surface area contributed by atoms with E-state index in [0.717, 1.165) is 16.5 Å². The van der Waals surface area contributed by atoms with Crippen LogP contribution in [-0.2, 0) is 4.79 Å². The quantitative estimate of drug-likeness (QED) is 0.809. The number of aromatic nitrogens is 1. The van der Waals surface area contributed by atoms with Crippen molar-refractivity contribution in [1.29, 1.82) is 0 Å². The number of pyridine rings is 1. The van der Waals surface area contributed by atoms with Crippen LogP contribution in [-0.4, -0.2) is 10.9 Å². The van der Waals surface area contributed by atoms with Gasteiger partial charge in [0.2, 0.25) is 5.91 Å². The van der Waals surface area contributed by atoms with Gasteiger partial charge < -0.3 is 5.32 Å². The smallest absolute Gasteiger partial charge is 0.224 e. The van der Waals surface area contributed by atoms with Gasteiger partial charge in [0.05, 0.1) is 0 Å². The van der Waals surface area contributed by atoms with Crippen molar-refractivity contribution in [3.63, 3.8) is 0 Å². The van der Waals surface area contributed by atoms with Crippen molar-refractivity contribution in [2.45, 2.75) is 13.3 Å². The summed E-state index contributed by atoms with van der Waals surface area (Å²) in [7, 11) is 0. The monoisotopic (exact) mass is 200 g/mol. The van der Waals surface area contributed by atoms with Crippen LogP contribution in [0.4, 0.5) is 5.69 Å². The van der Waals surface area contributed by atoms with Crippen molar-refractivity contribution in [3.8, 4) is 0 Å². The van der Waals surface area contributed by atoms with Crippen LogP contribution < -0.4 is 5.32 Å². The third-order valence-electron chi connectivity index (χ3n) is 2.25. The summed E-state index contributed by atoms with van der Waals surface area (Å²) in [6.07, 6.45) is 4.04. The summed E-state index contributed by atoms with van der Waals surface area (Å²) < 4.78 is 0. The molecule has 0 fully saturated rings. The van der Waals surface area contributed by atoms with Crippen LogP contribution in [0.25, 0.3) is 10.8 Å². The number of carbonyl (C=O) groups excluding carboxylic acids is 1. The van der Waals surface area contributed by atoms with E-state index in [2.05, 4.69) is 10.3 Å². The van der Waals surface area contributed by atoms with Crippen LogP contribution >= 0.6 is 0 Å². The SMILES string of the molecule is CCC(=O)Nc1ccc2cnccc2c1. The Morgan fingerprint density at radius 3 is 3.00 bits per heavy atom. The Kier molecular flexibility index (Phi) is 2.63. The van der Waals surface area contributed by atoms with E-state index < -0.39 is 0 Å². The molecule has 2 aromatic rings. The first-order valence-corrected chi connectivity index (χ1v) is 4.93. The Bertz CT molecular complexity index is 494. The van der Waals surface area contributed by atoms with Gasteiger partial charge in [-0.15, -0.1) is 0 Å². The molecule has 76 valence electrons. The molecule has 0 aliphatic heterocycles. The van der Waals surface area contributed by atoms with Gasteiger partial charge in [0, 0.05) is 29.9 Å². The lowest BCUT2D eigenvalue weighted by Gasteiger charge is -2.04. The maximum absolute atomic E-state index is 11.2. The highest BCUT2D eigenvalue weighted by atomic mass is 16.1. The number of benzene rings is 1. The fourth-order valence-electron chi connectivity index (χ4n) is 1.41. The molecule has 3 nitrogen and oxygen atoms in total. The van der Waals surface area contributed by atoms with Crippen molar-refractivity contribution in [3.05, 3.63) is 36.7 Å². The van der Waals surface area contributed by atoms with Gasteiger partial charge in [0.25, 0.3) is 0 Å². The van der Waals surface area contributed by atoms with E-state index in [1.54, 1.807) is 12.4 Å². The molecular formula is C12H12N2O. The number of fused-ring (bicyclic) bond motifs is 1. The minimum absolute atomic E-state index is 0.0309. The molecule has 0 aliphatic rings. The minimum Gasteiger partial charge on any atom is -0.326 e. The minimum atomic E-state index is 0.0309. The molecule has 1 N–H and O–H groups in total. The fraction of sp³-hybridized carbons (Fsp3) is 0.167. The van der Waals surface area contributed by atoms with Gasteiger partial charge in [0.1, 0.15) is 0 Å². The Morgan fingerprint density at radius 2 is 2.20 bits per heavy atom. The van der Waals surface area contributed by atoms with Crippen molar-refractivity contribution < 1.29 is 4.79 Å². The Morgan fingerprint density at radius 1 is 1.33 bits per heavy atom. The summed E-state index contributed by atoms with van der Waals surface area (Å²) in [6, 6.07) is 7.71. The van der Waals surface area contributed by atoms with Crippen LogP contribution in [0.1, 0.15) is 13.3 Å². The number of rotatable bonds is 2. The van der Waals surface area contributed by atoms with Crippen LogP contribution in [0.3, 0.4) is 0 Å². The predicted molar refractivity (Wildman–Crippen MR) is 60.7 cm³/mol. The van der Waals surface area contributed by atoms with E-state index in [-0.39, 0.29) is 5.91 Å². The standard InChI is InChI=1S/C12H12N2O/c1-2-12(15)14-11-4-3-10-8-13-6-5-9(10)7-11/h3-8H,2H2,1H3,(H,14,15). The molecule has 0 saturated heterocycles. The zero-order valence-electron chi connectivity index (χ0n) is 8.53. The second-order valence-electron chi connectivity index (χ2n) is 3.34. The summed E-state index contributed by atoms with van der Waals surface area (Å²) in [5.74, 6) is 0.0309. The molecule has 15 heavy (non-hydrogen) atoms. The lowest BCUT2D eigenvalue weighted by atomic mass is 10.1. The van der Waals surface area contributed by atoms with Gasteiger partial charge in [-0.1, -0.05) is 13.0 Å². The molecule has 0 aliphatic carbocycles. The van der Waals surface area contributed by atoms with Crippen molar-refractivity contribution in [1.82, 2.24) is 4.98 Å². The maximum atomic E-state index is 11.2. The highest BCUT2D eigenvalue weighted by molar-refractivity contribution is 5.93. The molecule has 0 bridgehead atoms. The molecular weight excluding hydrogens is 188 g/mol. The van der Waals surface area contributed by atoms with Crippen LogP contribution in [0.2, 0.25) is 0 Å². The van der Waals surface area contributed by atoms with Crippen LogP contribution in [0.5, 0.6) is 0 Å². The van der Waals surface area contributed by atoms with Gasteiger partial charge >= 0.3 is 0 Å². The fourth-order valence-corrected chi connectivity index (χ4v) is 1.41. The highest BCUT2D eigenvalue weighted by Crippen LogP contribution is 2.17. The zero-order chi connectivity index (χ0) is 10.7. The number of anilines is 1. The summed E-state index contributed by atoms with van der Waals surface area (Å²) in [5, 5.41) is 4.98. The van der Waals surface area contributed by atoms with E-state index in [9.17, 15) is 4.79 Å². The van der Waals surface area contributed by atoms with Gasteiger partial charge in [-0.2, -0.15) is 0 Å². The first-order chi connectivity index (χ1) is 7.29. The molecule has 0 atom stereocenters. The molecule has 3 heteroatoms. The molecule has 1 aromatic carbocycles. The highest BCUT2D eigenvalue weighted by Gasteiger charge is 1.99. The summed E-state index contributed by atoms with van der Waals surface area (Å²) in [5.41, 5.74) is 0.834. The molecule has 1 aromatic heterocycles. The molecule has 0 unspecified atom stereocenters. The Labute approximate surface area is 88.1 Å². The lowest BCUT2D eigenvalue weighted by Crippen LogP contribution is -2.09. The summed E-state index contributed by atoms with van der Waals surface area (Å²) in [6.45, 7) is 1.83. The number of nitrogens with zero attached hydrogens (tertiary/aromatic N) is 1. The number of hydrogen-bond acceptors (Lipinski definition) is 2. The number of amides is 1. The zero-order valence-corrected chi connectivity index (χ0v) is 8.53. The number of carbonyl (C=O) groups is 1. The number of nitrogens with one attached hydrogen (secondary N) is 1. The molecule has 0 spiro atoms. The van der Waals surface area contributed by atoms with Crippen LogP contribution in [0.15, 0.2) is 36.7 Å². The van der Waals surface area contributed by atoms with Crippen LogP contribution in [0, 0.1) is 0 Å². The molecule has 0 saturated carbocycles. The first-order valence-electron chi connectivity index (χ1n) is 4.93. The second kappa shape index (κ2) is 4.09. The van der Waals surface area contributed by atoms with E-state index in [1.165, 1.54) is 0 Å².